The molecule has 1 N–H and O–H groups in total. The molecule has 5 heteroatoms. The fraction of sp³-hybridized carbons (Fsp3) is 0.909. The molecule has 1 saturated carbocycles. The molecule has 2 rings (SSSR count). The average Bonchev–Trinajstić information content (AvgIpc) is 2.33. The van der Waals surface area contributed by atoms with Crippen molar-refractivity contribution in [3.63, 3.8) is 0 Å². The fourth-order valence-corrected chi connectivity index (χ4v) is 2.55. The summed E-state index contributed by atoms with van der Waals surface area (Å²) in [5.41, 5.74) is 0. The first-order valence-electron chi connectivity index (χ1n) is 6.07. The third-order valence-corrected chi connectivity index (χ3v) is 3.84. The molecule has 0 atom stereocenters. The van der Waals surface area contributed by atoms with Crippen LogP contribution in [-0.4, -0.2) is 48.5 Å². The molecule has 0 aromatic rings. The van der Waals surface area contributed by atoms with Gasteiger partial charge in [0.25, 0.3) is 0 Å². The Morgan fingerprint density at radius 2 is 1.81 bits per heavy atom. The van der Waals surface area contributed by atoms with Gasteiger partial charge in [-0.2, -0.15) is 12.6 Å². The Morgan fingerprint density at radius 1 is 1.19 bits per heavy atom. The zero-order valence-electron chi connectivity index (χ0n) is 9.52. The molecule has 0 radical (unpaired) electrons. The Kier molecular flexibility index (Phi) is 4.35. The van der Waals surface area contributed by atoms with Crippen LogP contribution in [0.4, 0.5) is 4.79 Å². The van der Waals surface area contributed by atoms with Crippen molar-refractivity contribution in [3.05, 3.63) is 0 Å². The van der Waals surface area contributed by atoms with Gasteiger partial charge in [-0.05, 0) is 25.7 Å². The number of amides is 2. The largest absolute Gasteiger partial charge is 0.378 e. The van der Waals surface area contributed by atoms with E-state index in [-0.39, 0.29) is 6.03 Å². The molecule has 2 aliphatic rings. The normalized spacial score (nSPS) is 31.2. The summed E-state index contributed by atoms with van der Waals surface area (Å²) in [6.07, 6.45) is 4.34. The first-order valence-corrected chi connectivity index (χ1v) is 6.58. The zero-order chi connectivity index (χ0) is 11.4. The summed E-state index contributed by atoms with van der Waals surface area (Å²) in [5.74, 6) is 0. The summed E-state index contributed by atoms with van der Waals surface area (Å²) in [4.78, 5) is 13.7. The molecule has 0 bridgehead atoms. The lowest BCUT2D eigenvalue weighted by Crippen LogP contribution is -2.49. The van der Waals surface area contributed by atoms with Crippen molar-refractivity contribution in [1.82, 2.24) is 10.2 Å². The molecule has 1 aliphatic heterocycles. The van der Waals surface area contributed by atoms with Crippen molar-refractivity contribution >= 4 is 18.7 Å². The maximum absolute atomic E-state index is 11.9. The Balaban J connectivity index is 1.73. The highest BCUT2D eigenvalue weighted by Gasteiger charge is 2.23. The van der Waals surface area contributed by atoms with Crippen LogP contribution >= 0.6 is 12.6 Å². The van der Waals surface area contributed by atoms with Gasteiger partial charge in [-0.3, -0.25) is 0 Å². The van der Waals surface area contributed by atoms with Gasteiger partial charge in [0.05, 0.1) is 13.2 Å². The van der Waals surface area contributed by atoms with Gasteiger partial charge in [-0.1, -0.05) is 0 Å². The number of nitrogens with one attached hydrogen (secondary N) is 1. The molecule has 0 unspecified atom stereocenters. The Bertz CT molecular complexity index is 236. The second kappa shape index (κ2) is 5.77. The second-order valence-corrected chi connectivity index (χ2v) is 5.28. The summed E-state index contributed by atoms with van der Waals surface area (Å²) < 4.78 is 5.22. The number of rotatable bonds is 1. The Morgan fingerprint density at radius 3 is 2.44 bits per heavy atom. The topological polar surface area (TPSA) is 41.6 Å². The number of carbonyl (C=O) groups is 1. The van der Waals surface area contributed by atoms with Gasteiger partial charge in [-0.25, -0.2) is 4.79 Å². The van der Waals surface area contributed by atoms with Crippen LogP contribution in [0.15, 0.2) is 0 Å². The number of ether oxygens (including phenoxy) is 1. The van der Waals surface area contributed by atoms with Gasteiger partial charge < -0.3 is 15.0 Å². The number of carbonyl (C=O) groups excluding carboxylic acids is 1. The molecule has 4 nitrogen and oxygen atoms in total. The zero-order valence-corrected chi connectivity index (χ0v) is 10.4. The Hall–Kier alpha value is -0.420. The molecule has 2 amide bonds. The molecule has 2 fully saturated rings. The fourth-order valence-electron chi connectivity index (χ4n) is 2.25. The van der Waals surface area contributed by atoms with Crippen LogP contribution in [0.3, 0.4) is 0 Å². The van der Waals surface area contributed by atoms with E-state index in [1.807, 2.05) is 4.90 Å². The third kappa shape index (κ3) is 3.28. The van der Waals surface area contributed by atoms with E-state index >= 15 is 0 Å². The van der Waals surface area contributed by atoms with E-state index in [2.05, 4.69) is 17.9 Å². The van der Waals surface area contributed by atoms with Crippen molar-refractivity contribution in [1.29, 1.82) is 0 Å². The van der Waals surface area contributed by atoms with Crippen LogP contribution in [0.1, 0.15) is 25.7 Å². The lowest BCUT2D eigenvalue weighted by molar-refractivity contribution is 0.0521. The van der Waals surface area contributed by atoms with E-state index in [4.69, 9.17) is 4.74 Å². The van der Waals surface area contributed by atoms with E-state index < -0.39 is 0 Å². The van der Waals surface area contributed by atoms with E-state index in [0.717, 1.165) is 25.7 Å². The average molecular weight is 244 g/mol. The van der Waals surface area contributed by atoms with Crippen LogP contribution in [0, 0.1) is 0 Å². The van der Waals surface area contributed by atoms with Crippen LogP contribution in [-0.2, 0) is 4.74 Å². The number of nitrogens with zero attached hydrogens (tertiary/aromatic N) is 1. The molecule has 1 saturated heterocycles. The van der Waals surface area contributed by atoms with Gasteiger partial charge in [0.2, 0.25) is 0 Å². The van der Waals surface area contributed by atoms with Crippen LogP contribution < -0.4 is 5.32 Å². The van der Waals surface area contributed by atoms with Crippen molar-refractivity contribution in [3.8, 4) is 0 Å². The summed E-state index contributed by atoms with van der Waals surface area (Å²) in [7, 11) is 0. The quantitative estimate of drug-likeness (QED) is 0.682. The molecule has 1 aliphatic carbocycles. The minimum atomic E-state index is 0.0749. The van der Waals surface area contributed by atoms with E-state index in [9.17, 15) is 4.79 Å². The molecule has 1 heterocycles. The molecule has 0 spiro atoms. The SMILES string of the molecule is O=C(NC1CCC(S)CC1)N1CCOCC1. The highest BCUT2D eigenvalue weighted by molar-refractivity contribution is 7.80. The summed E-state index contributed by atoms with van der Waals surface area (Å²) in [6.45, 7) is 2.76. The maximum atomic E-state index is 11.9. The van der Waals surface area contributed by atoms with Gasteiger partial charge in [-0.15, -0.1) is 0 Å². The molecule has 0 aromatic heterocycles. The number of thiol groups is 1. The second-order valence-electron chi connectivity index (χ2n) is 4.55. The lowest BCUT2D eigenvalue weighted by Gasteiger charge is -2.31. The smallest absolute Gasteiger partial charge is 0.317 e. The first-order chi connectivity index (χ1) is 7.75. The van der Waals surface area contributed by atoms with Crippen LogP contribution in [0.5, 0.6) is 0 Å². The number of morpholine rings is 1. The van der Waals surface area contributed by atoms with E-state index in [1.165, 1.54) is 0 Å². The summed E-state index contributed by atoms with van der Waals surface area (Å²) in [5, 5.41) is 3.63. The summed E-state index contributed by atoms with van der Waals surface area (Å²) >= 11 is 4.45. The van der Waals surface area contributed by atoms with Gasteiger partial charge in [0.1, 0.15) is 0 Å². The monoisotopic (exact) mass is 244 g/mol. The predicted molar refractivity (Wildman–Crippen MR) is 66.0 cm³/mol. The highest BCUT2D eigenvalue weighted by atomic mass is 32.1. The van der Waals surface area contributed by atoms with Crippen molar-refractivity contribution < 1.29 is 9.53 Å². The molecular weight excluding hydrogens is 224 g/mol. The number of urea groups is 1. The van der Waals surface area contributed by atoms with Crippen LogP contribution in [0.2, 0.25) is 0 Å². The van der Waals surface area contributed by atoms with E-state index in [1.54, 1.807) is 0 Å². The molecule has 0 aromatic carbocycles. The summed E-state index contributed by atoms with van der Waals surface area (Å²) in [6, 6.07) is 0.421. The minimum Gasteiger partial charge on any atom is -0.378 e. The standard InChI is InChI=1S/C11H20N2O2S/c14-11(13-5-7-15-8-6-13)12-9-1-3-10(16)4-2-9/h9-10,16H,1-8H2,(H,12,14). The van der Waals surface area contributed by atoms with Gasteiger partial charge >= 0.3 is 6.03 Å². The number of hydrogen-bond donors (Lipinski definition) is 2. The van der Waals surface area contributed by atoms with Crippen molar-refractivity contribution in [2.75, 3.05) is 26.3 Å². The van der Waals surface area contributed by atoms with Crippen LogP contribution in [0.25, 0.3) is 0 Å². The predicted octanol–water partition coefficient (Wildman–Crippen LogP) is 1.27. The third-order valence-electron chi connectivity index (χ3n) is 3.32. The first kappa shape index (κ1) is 12.0. The van der Waals surface area contributed by atoms with Gasteiger partial charge in [0.15, 0.2) is 0 Å². The highest BCUT2D eigenvalue weighted by Crippen LogP contribution is 2.22. The minimum absolute atomic E-state index is 0.0749. The van der Waals surface area contributed by atoms with Gasteiger partial charge in [0, 0.05) is 24.4 Å². The number of hydrogen-bond acceptors (Lipinski definition) is 3. The molecule has 16 heavy (non-hydrogen) atoms. The molecular formula is C11H20N2O2S. The lowest BCUT2D eigenvalue weighted by atomic mass is 9.95. The Labute approximate surface area is 102 Å². The maximum Gasteiger partial charge on any atom is 0.317 e. The van der Waals surface area contributed by atoms with Crippen molar-refractivity contribution in [2.24, 2.45) is 0 Å². The van der Waals surface area contributed by atoms with E-state index in [0.29, 0.717) is 37.6 Å². The van der Waals surface area contributed by atoms with Crippen molar-refractivity contribution in [2.45, 2.75) is 37.0 Å². The molecule has 92 valence electrons.